The van der Waals surface area contributed by atoms with E-state index in [1.165, 1.54) is 19.4 Å². The van der Waals surface area contributed by atoms with Gasteiger partial charge in [0, 0.05) is 12.6 Å². The minimum absolute atomic E-state index is 0.305. The third-order valence-corrected chi connectivity index (χ3v) is 2.57. The van der Waals surface area contributed by atoms with Crippen LogP contribution in [0.3, 0.4) is 0 Å². The average Bonchev–Trinajstić information content (AvgIpc) is 2.52. The Morgan fingerprint density at radius 3 is 3.00 bits per heavy atom. The van der Waals surface area contributed by atoms with Crippen molar-refractivity contribution in [3.05, 3.63) is 0 Å². The summed E-state index contributed by atoms with van der Waals surface area (Å²) in [6, 6.07) is 0.318. The van der Waals surface area contributed by atoms with Crippen LogP contribution in [0.4, 0.5) is 4.79 Å². The average molecular weight is 186 g/mol. The largest absolute Gasteiger partial charge is 0.337 e. The second kappa shape index (κ2) is 5.04. The maximum absolute atomic E-state index is 10.7. The van der Waals surface area contributed by atoms with Crippen LogP contribution in [0.5, 0.6) is 0 Å². The van der Waals surface area contributed by atoms with Crippen LogP contribution in [0, 0.1) is 0 Å². The molecular formula is C8H18N4O. The summed E-state index contributed by atoms with van der Waals surface area (Å²) in [5, 5.41) is 2.68. The summed E-state index contributed by atoms with van der Waals surface area (Å²) >= 11 is 0. The highest BCUT2D eigenvalue weighted by Gasteiger charge is 2.19. The maximum atomic E-state index is 10.7. The first-order valence-corrected chi connectivity index (χ1v) is 4.68. The van der Waals surface area contributed by atoms with Crippen molar-refractivity contribution in [1.29, 1.82) is 0 Å². The van der Waals surface area contributed by atoms with Gasteiger partial charge in [-0.2, -0.15) is 0 Å². The van der Waals surface area contributed by atoms with Crippen LogP contribution in [0.2, 0.25) is 0 Å². The van der Waals surface area contributed by atoms with E-state index in [1.54, 1.807) is 0 Å². The van der Waals surface area contributed by atoms with Crippen LogP contribution in [-0.2, 0) is 0 Å². The number of urea groups is 1. The van der Waals surface area contributed by atoms with E-state index in [0.717, 1.165) is 6.42 Å². The molecule has 0 bridgehead atoms. The molecule has 0 spiro atoms. The quantitative estimate of drug-likeness (QED) is 0.320. The molecule has 2 amide bonds. The normalized spacial score (nSPS) is 23.1. The molecule has 0 aromatic carbocycles. The van der Waals surface area contributed by atoms with Crippen molar-refractivity contribution in [2.75, 3.05) is 20.1 Å². The summed E-state index contributed by atoms with van der Waals surface area (Å²) in [6.45, 7) is 1.87. The molecule has 5 heteroatoms. The van der Waals surface area contributed by atoms with Crippen LogP contribution < -0.4 is 16.6 Å². The van der Waals surface area contributed by atoms with Crippen molar-refractivity contribution in [1.82, 2.24) is 15.6 Å². The Hall–Kier alpha value is -0.810. The van der Waals surface area contributed by atoms with Crippen molar-refractivity contribution in [2.24, 2.45) is 5.84 Å². The third-order valence-electron chi connectivity index (χ3n) is 2.57. The molecule has 1 unspecified atom stereocenters. The van der Waals surface area contributed by atoms with Crippen LogP contribution in [0.1, 0.15) is 19.3 Å². The third kappa shape index (κ3) is 3.20. The van der Waals surface area contributed by atoms with E-state index in [4.69, 9.17) is 5.84 Å². The standard InChI is InChI=1S/C8H18N4O/c1-12-6-2-3-7(12)4-5-10-8(13)11-9/h7H,2-6,9H2,1H3,(H2,10,11,13). The van der Waals surface area contributed by atoms with Gasteiger partial charge in [-0.05, 0) is 32.9 Å². The fourth-order valence-corrected chi connectivity index (χ4v) is 1.75. The number of carbonyl (C=O) groups excluding carboxylic acids is 1. The van der Waals surface area contributed by atoms with E-state index >= 15 is 0 Å². The van der Waals surface area contributed by atoms with Crippen molar-refractivity contribution in [3.8, 4) is 0 Å². The van der Waals surface area contributed by atoms with Gasteiger partial charge in [0.25, 0.3) is 0 Å². The van der Waals surface area contributed by atoms with E-state index in [1.807, 2.05) is 5.43 Å². The summed E-state index contributed by atoms with van der Waals surface area (Å²) in [4.78, 5) is 13.0. The summed E-state index contributed by atoms with van der Waals surface area (Å²) in [5.74, 6) is 4.92. The van der Waals surface area contributed by atoms with Crippen LogP contribution in [0.25, 0.3) is 0 Å². The minimum Gasteiger partial charge on any atom is -0.337 e. The molecular weight excluding hydrogens is 168 g/mol. The second-order valence-electron chi connectivity index (χ2n) is 3.47. The molecule has 0 aromatic rings. The number of nitrogens with zero attached hydrogens (tertiary/aromatic N) is 1. The number of nitrogens with two attached hydrogens (primary N) is 1. The minimum atomic E-state index is -0.305. The van der Waals surface area contributed by atoms with Gasteiger partial charge < -0.3 is 10.2 Å². The van der Waals surface area contributed by atoms with Crippen molar-refractivity contribution in [2.45, 2.75) is 25.3 Å². The number of amides is 2. The molecule has 1 atom stereocenters. The summed E-state index contributed by atoms with van der Waals surface area (Å²) < 4.78 is 0. The Kier molecular flexibility index (Phi) is 3.98. The molecule has 1 saturated heterocycles. The molecule has 1 fully saturated rings. The van der Waals surface area contributed by atoms with E-state index in [0.29, 0.717) is 12.6 Å². The number of likely N-dealkylation sites (tertiary alicyclic amines) is 1. The molecule has 4 N–H and O–H groups in total. The van der Waals surface area contributed by atoms with Crippen molar-refractivity contribution >= 4 is 6.03 Å². The fraction of sp³-hybridized carbons (Fsp3) is 0.875. The second-order valence-corrected chi connectivity index (χ2v) is 3.47. The lowest BCUT2D eigenvalue weighted by Gasteiger charge is -2.19. The molecule has 0 saturated carbocycles. The number of rotatable bonds is 3. The highest BCUT2D eigenvalue weighted by atomic mass is 16.2. The number of hydrogen-bond acceptors (Lipinski definition) is 3. The van der Waals surface area contributed by atoms with Gasteiger partial charge in [0.05, 0.1) is 0 Å². The maximum Gasteiger partial charge on any atom is 0.328 e. The van der Waals surface area contributed by atoms with E-state index < -0.39 is 0 Å². The molecule has 0 aromatic heterocycles. The van der Waals surface area contributed by atoms with E-state index in [9.17, 15) is 4.79 Å². The van der Waals surface area contributed by atoms with Gasteiger partial charge in [-0.15, -0.1) is 0 Å². The highest BCUT2D eigenvalue weighted by Crippen LogP contribution is 2.16. The summed E-state index contributed by atoms with van der Waals surface area (Å²) in [6.07, 6.45) is 3.51. The molecule has 13 heavy (non-hydrogen) atoms. The van der Waals surface area contributed by atoms with Gasteiger partial charge in [0.2, 0.25) is 0 Å². The molecule has 0 radical (unpaired) electrons. The van der Waals surface area contributed by atoms with E-state index in [-0.39, 0.29) is 6.03 Å². The first kappa shape index (κ1) is 10.3. The topological polar surface area (TPSA) is 70.4 Å². The first-order chi connectivity index (χ1) is 6.24. The van der Waals surface area contributed by atoms with Crippen LogP contribution >= 0.6 is 0 Å². The summed E-state index contributed by atoms with van der Waals surface area (Å²) in [7, 11) is 2.13. The van der Waals surface area contributed by atoms with Gasteiger partial charge in [0.1, 0.15) is 0 Å². The van der Waals surface area contributed by atoms with Crippen molar-refractivity contribution < 1.29 is 4.79 Å². The number of hydrogen-bond donors (Lipinski definition) is 3. The van der Waals surface area contributed by atoms with Crippen molar-refractivity contribution in [3.63, 3.8) is 0 Å². The lowest BCUT2D eigenvalue weighted by atomic mass is 10.1. The Balaban J connectivity index is 2.08. The van der Waals surface area contributed by atoms with Gasteiger partial charge in [-0.3, -0.25) is 5.43 Å². The first-order valence-electron chi connectivity index (χ1n) is 4.68. The predicted molar refractivity (Wildman–Crippen MR) is 51.0 cm³/mol. The van der Waals surface area contributed by atoms with Gasteiger partial charge in [0.15, 0.2) is 0 Å². The molecule has 1 aliphatic rings. The molecule has 5 nitrogen and oxygen atoms in total. The molecule has 1 heterocycles. The molecule has 1 aliphatic heterocycles. The zero-order chi connectivity index (χ0) is 9.68. The van der Waals surface area contributed by atoms with Gasteiger partial charge >= 0.3 is 6.03 Å². The lowest BCUT2D eigenvalue weighted by Crippen LogP contribution is -2.41. The monoisotopic (exact) mass is 186 g/mol. The molecule has 76 valence electrons. The number of nitrogens with one attached hydrogen (secondary N) is 2. The fourth-order valence-electron chi connectivity index (χ4n) is 1.75. The smallest absolute Gasteiger partial charge is 0.328 e. The van der Waals surface area contributed by atoms with E-state index in [2.05, 4.69) is 17.3 Å². The lowest BCUT2D eigenvalue weighted by molar-refractivity contribution is 0.238. The highest BCUT2D eigenvalue weighted by molar-refractivity contribution is 5.72. The zero-order valence-electron chi connectivity index (χ0n) is 8.05. The van der Waals surface area contributed by atoms with Gasteiger partial charge in [-0.25, -0.2) is 10.6 Å². The Bertz CT molecular complexity index is 174. The Morgan fingerprint density at radius 2 is 2.46 bits per heavy atom. The van der Waals surface area contributed by atoms with Crippen LogP contribution in [-0.4, -0.2) is 37.1 Å². The zero-order valence-corrected chi connectivity index (χ0v) is 8.05. The SMILES string of the molecule is CN1CCCC1CCNC(=O)NN. The Labute approximate surface area is 78.6 Å². The molecule has 1 rings (SSSR count). The predicted octanol–water partition coefficient (Wildman–Crippen LogP) is -0.356. The summed E-state index contributed by atoms with van der Waals surface area (Å²) in [5.41, 5.74) is 2.04. The van der Waals surface area contributed by atoms with Crippen LogP contribution in [0.15, 0.2) is 0 Å². The number of carbonyl (C=O) groups is 1. The molecule has 0 aliphatic carbocycles. The number of hydrazine groups is 1. The Morgan fingerprint density at radius 1 is 1.69 bits per heavy atom. The van der Waals surface area contributed by atoms with Gasteiger partial charge in [-0.1, -0.05) is 0 Å².